The summed E-state index contributed by atoms with van der Waals surface area (Å²) in [6.07, 6.45) is 2.09. The Kier molecular flexibility index (Phi) is 5.66. The van der Waals surface area contributed by atoms with Crippen LogP contribution in [-0.2, 0) is 17.1 Å². The van der Waals surface area contributed by atoms with E-state index in [4.69, 9.17) is 0 Å². The lowest BCUT2D eigenvalue weighted by Gasteiger charge is -2.25. The van der Waals surface area contributed by atoms with Crippen LogP contribution >= 0.6 is 0 Å². The molecule has 3 rings (SSSR count). The van der Waals surface area contributed by atoms with Crippen LogP contribution in [0.4, 0.5) is 0 Å². The van der Waals surface area contributed by atoms with E-state index in [2.05, 4.69) is 32.5 Å². The summed E-state index contributed by atoms with van der Waals surface area (Å²) < 4.78 is 31.1. The molecule has 0 aliphatic carbocycles. The molecular weight excluding hydrogens is 370 g/mol. The number of aryl methyl sites for hydroxylation is 4. The molecule has 1 aromatic heterocycles. The Morgan fingerprint density at radius 1 is 1.07 bits per heavy atom. The van der Waals surface area contributed by atoms with Gasteiger partial charge in [-0.05, 0) is 57.6 Å². The first-order valence-corrected chi connectivity index (χ1v) is 10.9. The third kappa shape index (κ3) is 3.85. The number of aromatic nitrogens is 1. The van der Waals surface area contributed by atoms with Crippen LogP contribution < -0.4 is 4.72 Å². The molecule has 0 amide bonds. The molecule has 0 fully saturated rings. The van der Waals surface area contributed by atoms with E-state index in [1.165, 1.54) is 0 Å². The van der Waals surface area contributed by atoms with Gasteiger partial charge in [0.05, 0.1) is 4.90 Å². The number of rotatable bonds is 6. The van der Waals surface area contributed by atoms with E-state index in [9.17, 15) is 8.42 Å². The van der Waals surface area contributed by atoms with Crippen molar-refractivity contribution in [2.24, 2.45) is 7.05 Å². The minimum absolute atomic E-state index is 0.0769. The second kappa shape index (κ2) is 7.70. The van der Waals surface area contributed by atoms with Gasteiger partial charge in [-0.2, -0.15) is 0 Å². The average Bonchev–Trinajstić information content (AvgIpc) is 2.90. The smallest absolute Gasteiger partial charge is 0.241 e. The number of benzene rings is 2. The topological polar surface area (TPSA) is 54.3 Å². The van der Waals surface area contributed by atoms with E-state index in [0.717, 1.165) is 33.2 Å². The predicted octanol–water partition coefficient (Wildman–Crippen LogP) is 3.68. The van der Waals surface area contributed by atoms with Gasteiger partial charge >= 0.3 is 0 Å². The minimum atomic E-state index is -3.60. The van der Waals surface area contributed by atoms with E-state index < -0.39 is 10.0 Å². The van der Waals surface area contributed by atoms with Gasteiger partial charge in [0.2, 0.25) is 10.0 Å². The Balaban J connectivity index is 1.94. The lowest BCUT2D eigenvalue weighted by Crippen LogP contribution is -2.35. The van der Waals surface area contributed by atoms with Gasteiger partial charge in [-0.25, -0.2) is 13.1 Å². The lowest BCUT2D eigenvalue weighted by molar-refractivity contribution is 0.301. The van der Waals surface area contributed by atoms with E-state index >= 15 is 0 Å². The molecule has 1 N–H and O–H groups in total. The molecule has 0 saturated heterocycles. The molecule has 150 valence electrons. The van der Waals surface area contributed by atoms with Gasteiger partial charge in [-0.1, -0.05) is 35.9 Å². The highest BCUT2D eigenvalue weighted by Gasteiger charge is 2.24. The SMILES string of the molecule is Cc1cc(C)c(S(=O)(=O)NCC(c2cn(C)c3ccccc23)N(C)C)c(C)c1. The highest BCUT2D eigenvalue weighted by atomic mass is 32.2. The summed E-state index contributed by atoms with van der Waals surface area (Å²) in [4.78, 5) is 2.44. The van der Waals surface area contributed by atoms with Crippen molar-refractivity contribution in [1.82, 2.24) is 14.2 Å². The third-order valence-electron chi connectivity index (χ3n) is 5.25. The van der Waals surface area contributed by atoms with Crippen molar-refractivity contribution in [1.29, 1.82) is 0 Å². The summed E-state index contributed by atoms with van der Waals surface area (Å²) in [5.41, 5.74) is 4.87. The Morgan fingerprint density at radius 2 is 1.68 bits per heavy atom. The van der Waals surface area contributed by atoms with Crippen molar-refractivity contribution in [3.63, 3.8) is 0 Å². The number of hydrogen-bond acceptors (Lipinski definition) is 3. The summed E-state index contributed by atoms with van der Waals surface area (Å²) >= 11 is 0. The second-order valence-electron chi connectivity index (χ2n) is 7.77. The molecule has 5 nitrogen and oxygen atoms in total. The van der Waals surface area contributed by atoms with Crippen molar-refractivity contribution < 1.29 is 8.42 Å². The number of para-hydroxylation sites is 1. The van der Waals surface area contributed by atoms with Gasteiger partial charge in [-0.15, -0.1) is 0 Å². The molecule has 0 saturated carbocycles. The number of fused-ring (bicyclic) bond motifs is 1. The van der Waals surface area contributed by atoms with Gasteiger partial charge in [0, 0.05) is 36.7 Å². The summed E-state index contributed by atoms with van der Waals surface area (Å²) in [5, 5.41) is 1.14. The van der Waals surface area contributed by atoms with Crippen LogP contribution in [0, 0.1) is 20.8 Å². The summed E-state index contributed by atoms with van der Waals surface area (Å²) in [5.74, 6) is 0. The molecule has 0 aliphatic rings. The number of hydrogen-bond donors (Lipinski definition) is 1. The molecule has 28 heavy (non-hydrogen) atoms. The first-order chi connectivity index (χ1) is 13.1. The number of sulfonamides is 1. The Morgan fingerprint density at radius 3 is 2.29 bits per heavy atom. The molecule has 1 heterocycles. The fraction of sp³-hybridized carbons (Fsp3) is 0.364. The molecule has 0 aliphatic heterocycles. The minimum Gasteiger partial charge on any atom is -0.350 e. The van der Waals surface area contributed by atoms with Crippen molar-refractivity contribution in [3.8, 4) is 0 Å². The van der Waals surface area contributed by atoms with E-state index in [1.54, 1.807) is 0 Å². The van der Waals surface area contributed by atoms with Crippen LogP contribution in [0.25, 0.3) is 10.9 Å². The lowest BCUT2D eigenvalue weighted by atomic mass is 10.1. The van der Waals surface area contributed by atoms with Crippen molar-refractivity contribution in [3.05, 3.63) is 64.8 Å². The highest BCUT2D eigenvalue weighted by molar-refractivity contribution is 7.89. The zero-order valence-corrected chi connectivity index (χ0v) is 18.3. The first-order valence-electron chi connectivity index (χ1n) is 9.39. The zero-order valence-electron chi connectivity index (χ0n) is 17.4. The molecule has 1 unspecified atom stereocenters. The van der Waals surface area contributed by atoms with E-state index in [0.29, 0.717) is 11.4 Å². The van der Waals surface area contributed by atoms with Crippen molar-refractivity contribution >= 4 is 20.9 Å². The first kappa shape index (κ1) is 20.6. The molecule has 0 spiro atoms. The molecule has 0 radical (unpaired) electrons. The van der Waals surface area contributed by atoms with Gasteiger partial charge in [-0.3, -0.25) is 0 Å². The number of nitrogens with zero attached hydrogens (tertiary/aromatic N) is 2. The quantitative estimate of drug-likeness (QED) is 0.688. The Bertz CT molecular complexity index is 1090. The van der Waals surface area contributed by atoms with Crippen molar-refractivity contribution in [2.45, 2.75) is 31.7 Å². The Labute approximate surface area is 168 Å². The maximum atomic E-state index is 13.1. The molecule has 3 aromatic rings. The largest absolute Gasteiger partial charge is 0.350 e. The highest BCUT2D eigenvalue weighted by Crippen LogP contribution is 2.29. The summed E-state index contributed by atoms with van der Waals surface area (Å²) in [6.45, 7) is 5.98. The van der Waals surface area contributed by atoms with Crippen LogP contribution in [0.2, 0.25) is 0 Å². The monoisotopic (exact) mass is 399 g/mol. The van der Waals surface area contributed by atoms with Crippen LogP contribution in [0.15, 0.2) is 47.5 Å². The fourth-order valence-electron chi connectivity index (χ4n) is 4.06. The van der Waals surface area contributed by atoms with Crippen LogP contribution in [-0.4, -0.2) is 38.5 Å². The third-order valence-corrected chi connectivity index (χ3v) is 6.98. The van der Waals surface area contributed by atoms with Gasteiger partial charge < -0.3 is 9.47 Å². The van der Waals surface area contributed by atoms with Gasteiger partial charge in [0.1, 0.15) is 0 Å². The summed E-state index contributed by atoms with van der Waals surface area (Å²) in [7, 11) is 2.36. The van der Waals surface area contributed by atoms with E-state index in [1.807, 2.05) is 66.2 Å². The van der Waals surface area contributed by atoms with E-state index in [-0.39, 0.29) is 6.04 Å². The average molecular weight is 400 g/mol. The molecule has 1 atom stereocenters. The molecular formula is C22H29N3O2S. The predicted molar refractivity (Wildman–Crippen MR) is 115 cm³/mol. The van der Waals surface area contributed by atoms with Crippen LogP contribution in [0.1, 0.15) is 28.3 Å². The molecule has 0 bridgehead atoms. The van der Waals surface area contributed by atoms with Gasteiger partial charge in [0.25, 0.3) is 0 Å². The Hall–Kier alpha value is -2.15. The molecule has 2 aromatic carbocycles. The zero-order chi connectivity index (χ0) is 20.6. The van der Waals surface area contributed by atoms with Crippen LogP contribution in [0.5, 0.6) is 0 Å². The second-order valence-corrected chi connectivity index (χ2v) is 9.48. The number of nitrogens with one attached hydrogen (secondary N) is 1. The van der Waals surface area contributed by atoms with Gasteiger partial charge in [0.15, 0.2) is 0 Å². The summed E-state index contributed by atoms with van der Waals surface area (Å²) in [6, 6.07) is 11.9. The maximum Gasteiger partial charge on any atom is 0.241 e. The normalized spacial score (nSPS) is 13.4. The van der Waals surface area contributed by atoms with Crippen LogP contribution in [0.3, 0.4) is 0 Å². The number of likely N-dealkylation sites (N-methyl/N-ethyl adjacent to an activating group) is 1. The van der Waals surface area contributed by atoms with Crippen molar-refractivity contribution in [2.75, 3.05) is 20.6 Å². The fourth-order valence-corrected chi connectivity index (χ4v) is 5.55. The standard InChI is InChI=1S/C22H29N3O2S/c1-15-11-16(2)22(17(3)12-15)28(26,27)23-13-21(24(4)5)19-14-25(6)20-10-8-7-9-18(19)20/h7-12,14,21,23H,13H2,1-6H3. The molecule has 6 heteroatoms. The maximum absolute atomic E-state index is 13.1.